The predicted molar refractivity (Wildman–Crippen MR) is 103 cm³/mol. The molecular weight excluding hydrogens is 446 g/mol. The molecule has 1 amide bonds. The van der Waals surface area contributed by atoms with Crippen LogP contribution >= 0.6 is 15.9 Å². The Bertz CT molecular complexity index is 850. The van der Waals surface area contributed by atoms with Crippen LogP contribution in [0, 0.1) is 11.8 Å². The van der Waals surface area contributed by atoms with Gasteiger partial charge in [-0.05, 0) is 29.8 Å². The van der Waals surface area contributed by atoms with E-state index in [0.717, 1.165) is 24.3 Å². The molecule has 9 heteroatoms. The maximum Gasteiger partial charge on any atom is 0.320 e. The van der Waals surface area contributed by atoms with Gasteiger partial charge in [-0.2, -0.15) is 0 Å². The van der Waals surface area contributed by atoms with Gasteiger partial charge in [0.2, 0.25) is 0 Å². The number of hydrogen-bond donors (Lipinski definition) is 0. The quantitative estimate of drug-likeness (QED) is 0.480. The fourth-order valence-corrected chi connectivity index (χ4v) is 4.02. The summed E-state index contributed by atoms with van der Waals surface area (Å²) in [5.41, 5.74) is -0.617. The summed E-state index contributed by atoms with van der Waals surface area (Å²) in [6.45, 7) is -0.0587. The zero-order chi connectivity index (χ0) is 21.2. The minimum Gasteiger partial charge on any atom is -0.468 e. The summed E-state index contributed by atoms with van der Waals surface area (Å²) in [5.74, 6) is -4.71. The number of benzene rings is 1. The average Bonchev–Trinajstić information content (AvgIpc) is 3.02. The van der Waals surface area contributed by atoms with Crippen LogP contribution in [0.1, 0.15) is 12.0 Å². The van der Waals surface area contributed by atoms with Crippen LogP contribution in [0.5, 0.6) is 0 Å². The maximum absolute atomic E-state index is 12.7. The molecule has 1 spiro atoms. The number of carbonyl (C=O) groups excluding carboxylic acids is 4. The van der Waals surface area contributed by atoms with Crippen molar-refractivity contribution in [2.24, 2.45) is 11.8 Å². The second kappa shape index (κ2) is 8.46. The number of rotatable bonds is 5. The molecule has 3 rings (SSSR count). The third-order valence-corrected chi connectivity index (χ3v) is 5.71. The number of hydrogen-bond acceptors (Lipinski definition) is 7. The number of amides is 1. The summed E-state index contributed by atoms with van der Waals surface area (Å²) in [5, 5.41) is 0. The second-order valence-corrected chi connectivity index (χ2v) is 7.70. The highest BCUT2D eigenvalue weighted by molar-refractivity contribution is 9.10. The highest BCUT2D eigenvalue weighted by Gasteiger charge is 2.58. The topological polar surface area (TPSA) is 99.2 Å². The minimum atomic E-state index is -1.44. The molecule has 1 aromatic rings. The zero-order valence-electron chi connectivity index (χ0n) is 15.9. The van der Waals surface area contributed by atoms with Crippen LogP contribution in [0.15, 0.2) is 40.9 Å². The number of ketones is 1. The monoisotopic (exact) mass is 465 g/mol. The third kappa shape index (κ3) is 3.97. The molecule has 1 fully saturated rings. The average molecular weight is 466 g/mol. The van der Waals surface area contributed by atoms with Crippen molar-refractivity contribution in [3.05, 3.63) is 46.5 Å². The van der Waals surface area contributed by atoms with Crippen LogP contribution in [0.25, 0.3) is 0 Å². The number of ether oxygens (including phenoxy) is 3. The Balaban J connectivity index is 2.05. The molecule has 0 aromatic heterocycles. The normalized spacial score (nSPS) is 23.7. The summed E-state index contributed by atoms with van der Waals surface area (Å²) < 4.78 is 16.3. The molecule has 2 aliphatic rings. The molecule has 1 aliphatic heterocycles. The molecule has 154 valence electrons. The van der Waals surface area contributed by atoms with Gasteiger partial charge >= 0.3 is 11.9 Å². The van der Waals surface area contributed by atoms with E-state index < -0.39 is 29.5 Å². The fraction of sp³-hybridized carbons (Fsp3) is 0.400. The first-order valence-electron chi connectivity index (χ1n) is 8.89. The lowest BCUT2D eigenvalue weighted by Crippen LogP contribution is -2.57. The van der Waals surface area contributed by atoms with Gasteiger partial charge in [-0.1, -0.05) is 28.1 Å². The molecule has 2 unspecified atom stereocenters. The lowest BCUT2D eigenvalue weighted by atomic mass is 9.75. The first-order chi connectivity index (χ1) is 13.8. The molecule has 1 heterocycles. The van der Waals surface area contributed by atoms with Gasteiger partial charge < -0.3 is 19.1 Å². The van der Waals surface area contributed by atoms with E-state index in [2.05, 4.69) is 15.9 Å². The summed E-state index contributed by atoms with van der Waals surface area (Å²) in [6, 6.07) is 7.36. The van der Waals surface area contributed by atoms with Crippen LogP contribution in [-0.4, -0.2) is 55.1 Å². The van der Waals surface area contributed by atoms with Gasteiger partial charge in [0.1, 0.15) is 6.61 Å². The van der Waals surface area contributed by atoms with Gasteiger partial charge in [-0.25, -0.2) is 0 Å². The number of allylic oxidation sites excluding steroid dienone is 1. The van der Waals surface area contributed by atoms with Crippen LogP contribution in [0.3, 0.4) is 0 Å². The maximum atomic E-state index is 12.7. The van der Waals surface area contributed by atoms with E-state index in [1.807, 2.05) is 24.3 Å². The number of esters is 2. The van der Waals surface area contributed by atoms with E-state index in [1.54, 1.807) is 0 Å². The Morgan fingerprint density at radius 2 is 1.83 bits per heavy atom. The molecule has 29 heavy (non-hydrogen) atoms. The van der Waals surface area contributed by atoms with E-state index in [0.29, 0.717) is 0 Å². The van der Waals surface area contributed by atoms with Crippen molar-refractivity contribution >= 4 is 39.6 Å². The summed E-state index contributed by atoms with van der Waals surface area (Å²) >= 11 is 3.37. The first-order valence-corrected chi connectivity index (χ1v) is 9.68. The lowest BCUT2D eigenvalue weighted by molar-refractivity contribution is -0.176. The summed E-state index contributed by atoms with van der Waals surface area (Å²) in [7, 11) is 2.29. The third-order valence-electron chi connectivity index (χ3n) is 5.18. The highest BCUT2D eigenvalue weighted by Crippen LogP contribution is 2.43. The Labute approximate surface area is 175 Å². The molecular formula is C20H20BrNO7. The van der Waals surface area contributed by atoms with Gasteiger partial charge in [-0.3, -0.25) is 19.2 Å². The van der Waals surface area contributed by atoms with Gasteiger partial charge in [0, 0.05) is 23.4 Å². The predicted octanol–water partition coefficient (Wildman–Crippen LogP) is 1.61. The Morgan fingerprint density at radius 1 is 1.21 bits per heavy atom. The van der Waals surface area contributed by atoms with Crippen molar-refractivity contribution in [2.45, 2.75) is 18.7 Å². The number of halogens is 1. The zero-order valence-corrected chi connectivity index (χ0v) is 17.5. The minimum absolute atomic E-state index is 0.171. The molecule has 0 bridgehead atoms. The first kappa shape index (κ1) is 21.2. The molecule has 1 aromatic carbocycles. The van der Waals surface area contributed by atoms with Crippen molar-refractivity contribution in [3.63, 3.8) is 0 Å². The SMILES string of the molecule is COC(=O)C(C(=O)OC)C1CC(=O)C=CC12OCC(=O)N2Cc1ccc(Br)cc1. The van der Waals surface area contributed by atoms with E-state index in [1.165, 1.54) is 17.1 Å². The van der Waals surface area contributed by atoms with Crippen LogP contribution in [0.4, 0.5) is 0 Å². The van der Waals surface area contributed by atoms with E-state index in [4.69, 9.17) is 14.2 Å². The van der Waals surface area contributed by atoms with Crippen molar-refractivity contribution in [1.82, 2.24) is 4.90 Å². The van der Waals surface area contributed by atoms with E-state index >= 15 is 0 Å². The van der Waals surface area contributed by atoms with Gasteiger partial charge in [0.25, 0.3) is 5.91 Å². The Kier molecular flexibility index (Phi) is 6.18. The summed E-state index contributed by atoms with van der Waals surface area (Å²) in [6.07, 6.45) is 2.59. The van der Waals surface area contributed by atoms with Crippen molar-refractivity contribution < 1.29 is 33.4 Å². The Morgan fingerprint density at radius 3 is 2.41 bits per heavy atom. The number of methoxy groups -OCH3 is 2. The molecule has 0 radical (unpaired) electrons. The summed E-state index contributed by atoms with van der Waals surface area (Å²) in [4.78, 5) is 51.1. The van der Waals surface area contributed by atoms with Crippen molar-refractivity contribution in [2.75, 3.05) is 20.8 Å². The fourth-order valence-electron chi connectivity index (χ4n) is 3.76. The molecule has 0 saturated carbocycles. The van der Waals surface area contributed by atoms with Gasteiger partial charge in [0.15, 0.2) is 17.4 Å². The van der Waals surface area contributed by atoms with Gasteiger partial charge in [-0.15, -0.1) is 0 Å². The van der Waals surface area contributed by atoms with E-state index in [9.17, 15) is 19.2 Å². The molecule has 0 N–H and O–H groups in total. The number of carbonyl (C=O) groups is 4. The lowest BCUT2D eigenvalue weighted by Gasteiger charge is -2.44. The molecule has 1 aliphatic carbocycles. The van der Waals surface area contributed by atoms with E-state index in [-0.39, 0.29) is 31.3 Å². The standard InChI is InChI=1S/C20H20BrNO7/c1-27-18(25)17(19(26)28-2)15-9-14(23)7-8-20(15)22(16(24)11-29-20)10-12-3-5-13(21)6-4-12/h3-8,15,17H,9-11H2,1-2H3. The van der Waals surface area contributed by atoms with Crippen LogP contribution < -0.4 is 0 Å². The van der Waals surface area contributed by atoms with Crippen molar-refractivity contribution in [3.8, 4) is 0 Å². The molecule has 8 nitrogen and oxygen atoms in total. The number of nitrogens with zero attached hydrogens (tertiary/aromatic N) is 1. The molecule has 2 atom stereocenters. The Hall–Kier alpha value is -2.52. The molecule has 1 saturated heterocycles. The van der Waals surface area contributed by atoms with Crippen molar-refractivity contribution in [1.29, 1.82) is 0 Å². The highest BCUT2D eigenvalue weighted by atomic mass is 79.9. The van der Waals surface area contributed by atoms with Crippen LogP contribution in [0.2, 0.25) is 0 Å². The second-order valence-electron chi connectivity index (χ2n) is 6.78. The largest absolute Gasteiger partial charge is 0.468 e. The smallest absolute Gasteiger partial charge is 0.320 e. The van der Waals surface area contributed by atoms with Gasteiger partial charge in [0.05, 0.1) is 14.2 Å². The van der Waals surface area contributed by atoms with Crippen LogP contribution in [-0.2, 0) is 39.9 Å².